The second kappa shape index (κ2) is 4.40. The molecule has 0 radical (unpaired) electrons. The Hall–Kier alpha value is -0.120. The molecule has 1 unspecified atom stereocenters. The normalized spacial score (nSPS) is 25.6. The Kier molecular flexibility index (Phi) is 3.33. The monoisotopic (exact) mass is 212 g/mol. The topological polar surface area (TPSA) is 35.5 Å². The highest BCUT2D eigenvalue weighted by molar-refractivity contribution is 4.96. The van der Waals surface area contributed by atoms with E-state index in [-0.39, 0.29) is 12.1 Å². The van der Waals surface area contributed by atoms with Crippen molar-refractivity contribution in [2.24, 2.45) is 0 Å². The molecular weight excluding hydrogens is 188 g/mol. The molecule has 0 aromatic heterocycles. The van der Waals surface area contributed by atoms with Crippen LogP contribution in [0.25, 0.3) is 0 Å². The summed E-state index contributed by atoms with van der Waals surface area (Å²) in [6.45, 7) is 6.70. The van der Waals surface area contributed by atoms with Gasteiger partial charge in [-0.25, -0.2) is 0 Å². The average molecular weight is 212 g/mol. The molecule has 88 valence electrons. The van der Waals surface area contributed by atoms with Crippen molar-refractivity contribution in [2.75, 3.05) is 19.7 Å². The van der Waals surface area contributed by atoms with Crippen molar-refractivity contribution in [1.82, 2.24) is 10.2 Å². The van der Waals surface area contributed by atoms with Crippen LogP contribution in [0.5, 0.6) is 0 Å². The summed E-state index contributed by atoms with van der Waals surface area (Å²) < 4.78 is 0. The van der Waals surface area contributed by atoms with Crippen molar-refractivity contribution in [3.63, 3.8) is 0 Å². The van der Waals surface area contributed by atoms with Gasteiger partial charge in [0.15, 0.2) is 0 Å². The van der Waals surface area contributed by atoms with Crippen LogP contribution in [0.15, 0.2) is 0 Å². The second-order valence-corrected chi connectivity index (χ2v) is 5.43. The lowest BCUT2D eigenvalue weighted by molar-refractivity contribution is 0.117. The molecule has 1 atom stereocenters. The zero-order valence-corrected chi connectivity index (χ0v) is 10.00. The molecule has 0 aromatic rings. The Morgan fingerprint density at radius 1 is 1.33 bits per heavy atom. The van der Waals surface area contributed by atoms with Crippen molar-refractivity contribution in [2.45, 2.75) is 57.2 Å². The molecule has 2 aliphatic rings. The fourth-order valence-electron chi connectivity index (χ4n) is 2.25. The summed E-state index contributed by atoms with van der Waals surface area (Å²) in [6.07, 6.45) is 5.26. The van der Waals surface area contributed by atoms with Crippen molar-refractivity contribution in [3.05, 3.63) is 0 Å². The van der Waals surface area contributed by atoms with Gasteiger partial charge in [-0.05, 0) is 39.2 Å². The highest BCUT2D eigenvalue weighted by Gasteiger charge is 2.36. The Balaban J connectivity index is 1.85. The van der Waals surface area contributed by atoms with Gasteiger partial charge in [0.2, 0.25) is 0 Å². The molecule has 0 aliphatic heterocycles. The number of rotatable bonds is 7. The molecule has 0 saturated heterocycles. The van der Waals surface area contributed by atoms with Gasteiger partial charge in [0.05, 0.1) is 12.1 Å². The van der Waals surface area contributed by atoms with Crippen LogP contribution in [-0.2, 0) is 0 Å². The van der Waals surface area contributed by atoms with Gasteiger partial charge < -0.3 is 10.4 Å². The lowest BCUT2D eigenvalue weighted by Crippen LogP contribution is -2.55. The Labute approximate surface area is 92.8 Å². The molecular formula is C12H24N2O. The zero-order chi connectivity index (χ0) is 10.9. The maximum Gasteiger partial charge on any atom is 0.0623 e. The lowest BCUT2D eigenvalue weighted by Gasteiger charge is -2.35. The SMILES string of the molecule is CCN(CC(C)(CO)NC1CC1)C1CC1. The molecule has 3 nitrogen and oxygen atoms in total. The number of aliphatic hydroxyl groups is 1. The zero-order valence-electron chi connectivity index (χ0n) is 10.00. The minimum atomic E-state index is -0.0975. The Morgan fingerprint density at radius 2 is 2.00 bits per heavy atom. The standard InChI is InChI=1S/C12H24N2O/c1-3-14(11-6-7-11)8-12(2,9-15)13-10-4-5-10/h10-11,13,15H,3-9H2,1-2H3. The van der Waals surface area contributed by atoms with Crippen LogP contribution >= 0.6 is 0 Å². The third-order valence-electron chi connectivity index (χ3n) is 3.50. The third kappa shape index (κ3) is 3.16. The lowest BCUT2D eigenvalue weighted by atomic mass is 10.0. The second-order valence-electron chi connectivity index (χ2n) is 5.43. The van der Waals surface area contributed by atoms with Crippen LogP contribution in [0.2, 0.25) is 0 Å². The predicted octanol–water partition coefficient (Wildman–Crippen LogP) is 0.974. The van der Waals surface area contributed by atoms with E-state index in [1.54, 1.807) is 0 Å². The summed E-state index contributed by atoms with van der Waals surface area (Å²) >= 11 is 0. The molecule has 2 saturated carbocycles. The summed E-state index contributed by atoms with van der Waals surface area (Å²) in [5, 5.41) is 13.1. The predicted molar refractivity (Wildman–Crippen MR) is 61.9 cm³/mol. The van der Waals surface area contributed by atoms with E-state index in [1.165, 1.54) is 25.7 Å². The van der Waals surface area contributed by atoms with Gasteiger partial charge in [0, 0.05) is 18.6 Å². The third-order valence-corrected chi connectivity index (χ3v) is 3.50. The molecule has 2 fully saturated rings. The van der Waals surface area contributed by atoms with Crippen molar-refractivity contribution in [3.8, 4) is 0 Å². The van der Waals surface area contributed by atoms with E-state index >= 15 is 0 Å². The highest BCUT2D eigenvalue weighted by Crippen LogP contribution is 2.29. The molecule has 3 heteroatoms. The quantitative estimate of drug-likeness (QED) is 0.660. The maximum atomic E-state index is 9.52. The first kappa shape index (κ1) is 11.4. The molecule has 2 rings (SSSR count). The Bertz CT molecular complexity index is 214. The largest absolute Gasteiger partial charge is 0.394 e. The summed E-state index contributed by atoms with van der Waals surface area (Å²) in [5.74, 6) is 0. The van der Waals surface area contributed by atoms with Crippen molar-refractivity contribution < 1.29 is 5.11 Å². The summed E-state index contributed by atoms with van der Waals surface area (Å²) in [5.41, 5.74) is -0.0975. The highest BCUT2D eigenvalue weighted by atomic mass is 16.3. The van der Waals surface area contributed by atoms with E-state index in [2.05, 4.69) is 24.1 Å². The summed E-state index contributed by atoms with van der Waals surface area (Å²) in [6, 6.07) is 1.46. The van der Waals surface area contributed by atoms with E-state index in [9.17, 15) is 5.11 Å². The molecule has 0 spiro atoms. The van der Waals surface area contributed by atoms with Gasteiger partial charge in [-0.1, -0.05) is 6.92 Å². The molecule has 15 heavy (non-hydrogen) atoms. The molecule has 0 bridgehead atoms. The number of hydrogen-bond donors (Lipinski definition) is 2. The minimum absolute atomic E-state index is 0.0975. The fraction of sp³-hybridized carbons (Fsp3) is 1.00. The van der Waals surface area contributed by atoms with Crippen LogP contribution in [0.3, 0.4) is 0 Å². The first-order valence-electron chi connectivity index (χ1n) is 6.29. The van der Waals surface area contributed by atoms with E-state index in [0.29, 0.717) is 6.04 Å². The fourth-order valence-corrected chi connectivity index (χ4v) is 2.25. The first-order valence-corrected chi connectivity index (χ1v) is 6.29. The summed E-state index contributed by atoms with van der Waals surface area (Å²) in [7, 11) is 0. The molecule has 0 amide bonds. The van der Waals surface area contributed by atoms with E-state index < -0.39 is 0 Å². The van der Waals surface area contributed by atoms with Gasteiger partial charge in [-0.2, -0.15) is 0 Å². The summed E-state index contributed by atoms with van der Waals surface area (Å²) in [4.78, 5) is 2.51. The van der Waals surface area contributed by atoms with Crippen LogP contribution < -0.4 is 5.32 Å². The van der Waals surface area contributed by atoms with Crippen LogP contribution in [0, 0.1) is 0 Å². The molecule has 0 heterocycles. The number of nitrogens with one attached hydrogen (secondary N) is 1. The van der Waals surface area contributed by atoms with Crippen LogP contribution in [0.1, 0.15) is 39.5 Å². The molecule has 0 aromatic carbocycles. The molecule has 2 N–H and O–H groups in total. The molecule has 2 aliphatic carbocycles. The Morgan fingerprint density at radius 3 is 2.40 bits per heavy atom. The first-order chi connectivity index (χ1) is 7.17. The van der Waals surface area contributed by atoms with Crippen molar-refractivity contribution >= 4 is 0 Å². The average Bonchev–Trinajstić information content (AvgIpc) is 3.06. The van der Waals surface area contributed by atoms with Gasteiger partial charge in [-0.3, -0.25) is 4.90 Å². The van der Waals surface area contributed by atoms with Crippen LogP contribution in [0.4, 0.5) is 0 Å². The number of aliphatic hydroxyl groups excluding tert-OH is 1. The van der Waals surface area contributed by atoms with E-state index in [0.717, 1.165) is 19.1 Å². The van der Waals surface area contributed by atoms with Gasteiger partial charge >= 0.3 is 0 Å². The van der Waals surface area contributed by atoms with Crippen molar-refractivity contribution in [1.29, 1.82) is 0 Å². The minimum Gasteiger partial charge on any atom is -0.394 e. The van der Waals surface area contributed by atoms with Gasteiger partial charge in [-0.15, -0.1) is 0 Å². The van der Waals surface area contributed by atoms with E-state index in [4.69, 9.17) is 0 Å². The van der Waals surface area contributed by atoms with Gasteiger partial charge in [0.25, 0.3) is 0 Å². The number of nitrogens with zero attached hydrogens (tertiary/aromatic N) is 1. The maximum absolute atomic E-state index is 9.52. The van der Waals surface area contributed by atoms with E-state index in [1.807, 2.05) is 0 Å². The van der Waals surface area contributed by atoms with Gasteiger partial charge in [0.1, 0.15) is 0 Å². The number of likely N-dealkylation sites (N-methyl/N-ethyl adjacent to an activating group) is 1. The smallest absolute Gasteiger partial charge is 0.0623 e. The van der Waals surface area contributed by atoms with Crippen LogP contribution in [-0.4, -0.2) is 47.3 Å². The number of hydrogen-bond acceptors (Lipinski definition) is 3.